The van der Waals surface area contributed by atoms with Gasteiger partial charge in [0.2, 0.25) is 11.9 Å². The van der Waals surface area contributed by atoms with Gasteiger partial charge in [-0.1, -0.05) is 25.1 Å². The lowest BCUT2D eigenvalue weighted by Gasteiger charge is -2.34. The Morgan fingerprint density at radius 1 is 1.07 bits per heavy atom. The lowest BCUT2D eigenvalue weighted by Crippen LogP contribution is -2.49. The molecule has 1 aliphatic rings. The van der Waals surface area contributed by atoms with Crippen LogP contribution in [0, 0.1) is 0 Å². The first-order valence-corrected chi connectivity index (χ1v) is 10.2. The lowest BCUT2D eigenvalue weighted by molar-refractivity contribution is -0.131. The second kappa shape index (κ2) is 8.86. The minimum absolute atomic E-state index is 0.181. The van der Waals surface area contributed by atoms with E-state index in [1.165, 1.54) is 0 Å². The van der Waals surface area contributed by atoms with Crippen LogP contribution in [0.25, 0.3) is 10.9 Å². The van der Waals surface area contributed by atoms with Gasteiger partial charge in [-0.15, -0.1) is 0 Å². The number of fused-ring (bicyclic) bond motifs is 1. The molecule has 0 saturated carbocycles. The van der Waals surface area contributed by atoms with Crippen molar-refractivity contribution in [2.75, 3.05) is 42.9 Å². The number of nitrogens with zero attached hydrogens (tertiary/aromatic N) is 5. The van der Waals surface area contributed by atoms with E-state index in [-0.39, 0.29) is 5.91 Å². The number of nitrogens with one attached hydrogen (secondary N) is 1. The SMILES string of the molecule is CCc1cc(NCCC(=O)N2CCN(c3ncccn3)CC2)c2ccccc2n1. The summed E-state index contributed by atoms with van der Waals surface area (Å²) < 4.78 is 0. The quantitative estimate of drug-likeness (QED) is 0.698. The van der Waals surface area contributed by atoms with E-state index in [9.17, 15) is 4.79 Å². The predicted molar refractivity (Wildman–Crippen MR) is 115 cm³/mol. The molecule has 150 valence electrons. The Morgan fingerprint density at radius 2 is 1.83 bits per heavy atom. The Bertz CT molecular complexity index is 969. The molecule has 0 spiro atoms. The van der Waals surface area contributed by atoms with E-state index in [2.05, 4.69) is 44.2 Å². The highest BCUT2D eigenvalue weighted by Gasteiger charge is 2.22. The van der Waals surface area contributed by atoms with Gasteiger partial charge in [0, 0.05) is 68.3 Å². The van der Waals surface area contributed by atoms with E-state index in [1.807, 2.05) is 29.2 Å². The van der Waals surface area contributed by atoms with E-state index in [4.69, 9.17) is 0 Å². The zero-order chi connectivity index (χ0) is 20.1. The second-order valence-corrected chi connectivity index (χ2v) is 7.13. The van der Waals surface area contributed by atoms with Gasteiger partial charge < -0.3 is 15.1 Å². The minimum Gasteiger partial charge on any atom is -0.384 e. The lowest BCUT2D eigenvalue weighted by atomic mass is 10.1. The van der Waals surface area contributed by atoms with Gasteiger partial charge in [-0.25, -0.2) is 9.97 Å². The molecule has 4 rings (SSSR count). The molecule has 29 heavy (non-hydrogen) atoms. The molecule has 3 heterocycles. The molecule has 3 aromatic rings. The number of carbonyl (C=O) groups is 1. The number of benzene rings is 1. The summed E-state index contributed by atoms with van der Waals surface area (Å²) in [6.45, 7) is 5.64. The molecular weight excluding hydrogens is 364 g/mol. The fraction of sp³-hybridized carbons (Fsp3) is 0.364. The fourth-order valence-electron chi connectivity index (χ4n) is 3.63. The Hall–Kier alpha value is -3.22. The number of anilines is 2. The fourth-order valence-corrected chi connectivity index (χ4v) is 3.63. The number of hydrogen-bond acceptors (Lipinski definition) is 6. The Kier molecular flexibility index (Phi) is 5.84. The smallest absolute Gasteiger partial charge is 0.225 e. The number of piperazine rings is 1. The number of aromatic nitrogens is 3. The average Bonchev–Trinajstić information content (AvgIpc) is 2.79. The van der Waals surface area contributed by atoms with Gasteiger partial charge in [-0.05, 0) is 24.6 Å². The number of pyridine rings is 1. The Morgan fingerprint density at radius 3 is 2.59 bits per heavy atom. The molecule has 1 N–H and O–H groups in total. The largest absolute Gasteiger partial charge is 0.384 e. The molecule has 0 radical (unpaired) electrons. The maximum atomic E-state index is 12.6. The first-order valence-electron chi connectivity index (χ1n) is 10.2. The third kappa shape index (κ3) is 4.45. The molecular formula is C22H26N6O. The van der Waals surface area contributed by atoms with E-state index < -0.39 is 0 Å². The van der Waals surface area contributed by atoms with Crippen LogP contribution in [0.15, 0.2) is 48.8 Å². The average molecular weight is 390 g/mol. The summed E-state index contributed by atoms with van der Waals surface area (Å²) in [6.07, 6.45) is 4.85. The number of aryl methyl sites for hydroxylation is 1. The van der Waals surface area contributed by atoms with Crippen LogP contribution in [0.1, 0.15) is 19.0 Å². The van der Waals surface area contributed by atoms with Gasteiger partial charge >= 0.3 is 0 Å². The van der Waals surface area contributed by atoms with E-state index in [0.717, 1.165) is 47.7 Å². The van der Waals surface area contributed by atoms with Crippen LogP contribution >= 0.6 is 0 Å². The topological polar surface area (TPSA) is 74.2 Å². The summed E-state index contributed by atoms with van der Waals surface area (Å²) in [6, 6.07) is 12.0. The second-order valence-electron chi connectivity index (χ2n) is 7.13. The number of carbonyl (C=O) groups excluding carboxylic acids is 1. The molecule has 1 fully saturated rings. The highest BCUT2D eigenvalue weighted by Crippen LogP contribution is 2.23. The van der Waals surface area contributed by atoms with Crippen molar-refractivity contribution in [3.63, 3.8) is 0 Å². The number of hydrogen-bond donors (Lipinski definition) is 1. The van der Waals surface area contributed by atoms with Crippen molar-refractivity contribution in [2.24, 2.45) is 0 Å². The highest BCUT2D eigenvalue weighted by molar-refractivity contribution is 5.91. The van der Waals surface area contributed by atoms with E-state index in [1.54, 1.807) is 12.4 Å². The minimum atomic E-state index is 0.181. The van der Waals surface area contributed by atoms with Crippen molar-refractivity contribution >= 4 is 28.4 Å². The molecule has 0 unspecified atom stereocenters. The molecule has 2 aromatic heterocycles. The van der Waals surface area contributed by atoms with E-state index >= 15 is 0 Å². The molecule has 1 saturated heterocycles. The molecule has 1 aromatic carbocycles. The monoisotopic (exact) mass is 390 g/mol. The van der Waals surface area contributed by atoms with Crippen LogP contribution in [0.3, 0.4) is 0 Å². The molecule has 1 amide bonds. The van der Waals surface area contributed by atoms with Crippen LogP contribution in [0.2, 0.25) is 0 Å². The van der Waals surface area contributed by atoms with Crippen molar-refractivity contribution in [1.82, 2.24) is 19.9 Å². The molecule has 1 aliphatic heterocycles. The van der Waals surface area contributed by atoms with Gasteiger partial charge in [-0.3, -0.25) is 9.78 Å². The molecule has 0 aliphatic carbocycles. The van der Waals surface area contributed by atoms with Crippen LogP contribution in [-0.4, -0.2) is 58.5 Å². The third-order valence-electron chi connectivity index (χ3n) is 5.25. The van der Waals surface area contributed by atoms with E-state index in [0.29, 0.717) is 26.1 Å². The van der Waals surface area contributed by atoms with Crippen LogP contribution < -0.4 is 10.2 Å². The van der Waals surface area contributed by atoms with Gasteiger partial charge in [0.15, 0.2) is 0 Å². The Labute approximate surface area is 170 Å². The summed E-state index contributed by atoms with van der Waals surface area (Å²) in [5, 5.41) is 4.54. The van der Waals surface area contributed by atoms with Crippen LogP contribution in [0.5, 0.6) is 0 Å². The summed E-state index contributed by atoms with van der Waals surface area (Å²) in [4.78, 5) is 30.0. The van der Waals surface area contributed by atoms with Crippen molar-refractivity contribution in [1.29, 1.82) is 0 Å². The van der Waals surface area contributed by atoms with Gasteiger partial charge in [-0.2, -0.15) is 0 Å². The molecule has 7 heteroatoms. The summed E-state index contributed by atoms with van der Waals surface area (Å²) in [7, 11) is 0. The van der Waals surface area contributed by atoms with Gasteiger partial charge in [0.1, 0.15) is 0 Å². The zero-order valence-electron chi connectivity index (χ0n) is 16.7. The number of amides is 1. The maximum absolute atomic E-state index is 12.6. The summed E-state index contributed by atoms with van der Waals surface area (Å²) in [5.41, 5.74) is 3.09. The maximum Gasteiger partial charge on any atom is 0.225 e. The van der Waals surface area contributed by atoms with Crippen LogP contribution in [0.4, 0.5) is 11.6 Å². The third-order valence-corrected chi connectivity index (χ3v) is 5.25. The standard InChI is InChI=1S/C22H26N6O/c1-2-17-16-20(18-6-3-4-7-19(18)26-17)23-11-8-21(29)27-12-14-28(15-13-27)22-24-9-5-10-25-22/h3-7,9-10,16H,2,8,11-15H2,1H3,(H,23,26). The highest BCUT2D eigenvalue weighted by atomic mass is 16.2. The number of rotatable bonds is 6. The van der Waals surface area contributed by atoms with Crippen molar-refractivity contribution in [2.45, 2.75) is 19.8 Å². The summed E-state index contributed by atoms with van der Waals surface area (Å²) >= 11 is 0. The predicted octanol–water partition coefficient (Wildman–Crippen LogP) is 2.74. The summed E-state index contributed by atoms with van der Waals surface area (Å²) in [5.74, 6) is 0.915. The molecule has 0 bridgehead atoms. The normalized spacial score (nSPS) is 14.2. The zero-order valence-corrected chi connectivity index (χ0v) is 16.7. The Balaban J connectivity index is 1.31. The molecule has 0 atom stereocenters. The first kappa shape index (κ1) is 19.1. The van der Waals surface area contributed by atoms with Crippen LogP contribution in [-0.2, 0) is 11.2 Å². The van der Waals surface area contributed by atoms with Gasteiger partial charge in [0.25, 0.3) is 0 Å². The molecule has 7 nitrogen and oxygen atoms in total. The van der Waals surface area contributed by atoms with Crippen molar-refractivity contribution in [3.05, 3.63) is 54.5 Å². The van der Waals surface area contributed by atoms with Crippen molar-refractivity contribution < 1.29 is 4.79 Å². The van der Waals surface area contributed by atoms with Gasteiger partial charge in [0.05, 0.1) is 5.52 Å². The number of para-hydroxylation sites is 1. The first-order chi connectivity index (χ1) is 14.2. The van der Waals surface area contributed by atoms with Crippen molar-refractivity contribution in [3.8, 4) is 0 Å².